The molecule has 0 atom stereocenters. The third-order valence-corrected chi connectivity index (χ3v) is 3.34. The molecule has 0 aliphatic rings. The molecule has 110 valence electrons. The van der Waals surface area contributed by atoms with Crippen LogP contribution in [-0.2, 0) is 0 Å². The Bertz CT molecular complexity index is 682. The number of pyridine rings is 1. The molecular formula is C14H13Cl2N3O2. The van der Waals surface area contributed by atoms with E-state index in [1.54, 1.807) is 25.1 Å². The smallest absolute Gasteiger partial charge is 0.255 e. The van der Waals surface area contributed by atoms with E-state index in [0.29, 0.717) is 22.7 Å². The summed E-state index contributed by atoms with van der Waals surface area (Å²) in [7, 11) is 1.51. The highest BCUT2D eigenvalue weighted by molar-refractivity contribution is 6.35. The van der Waals surface area contributed by atoms with Gasteiger partial charge in [-0.05, 0) is 36.8 Å². The van der Waals surface area contributed by atoms with Gasteiger partial charge in [0.15, 0.2) is 5.15 Å². The van der Waals surface area contributed by atoms with Crippen molar-refractivity contribution in [3.8, 4) is 5.75 Å². The summed E-state index contributed by atoms with van der Waals surface area (Å²) in [6, 6.07) is 6.38. The largest absolute Gasteiger partial charge is 0.495 e. The molecule has 0 aliphatic heterocycles. The molecule has 0 bridgehead atoms. The molecule has 21 heavy (non-hydrogen) atoms. The number of nitrogen functional groups attached to an aromatic ring is 1. The molecule has 1 aromatic heterocycles. The Morgan fingerprint density at radius 1 is 1.33 bits per heavy atom. The maximum atomic E-state index is 12.2. The van der Waals surface area contributed by atoms with Crippen LogP contribution in [0.25, 0.3) is 0 Å². The quantitative estimate of drug-likeness (QED) is 0.668. The van der Waals surface area contributed by atoms with Gasteiger partial charge in [0.25, 0.3) is 5.91 Å². The van der Waals surface area contributed by atoms with Gasteiger partial charge in [-0.1, -0.05) is 23.2 Å². The van der Waals surface area contributed by atoms with Gasteiger partial charge in [-0.25, -0.2) is 4.98 Å². The molecule has 0 saturated carbocycles. The van der Waals surface area contributed by atoms with Crippen molar-refractivity contribution in [1.82, 2.24) is 4.98 Å². The molecule has 0 spiro atoms. The Balaban J connectivity index is 2.28. The summed E-state index contributed by atoms with van der Waals surface area (Å²) in [5, 5.41) is 3.10. The Kier molecular flexibility index (Phi) is 4.55. The third kappa shape index (κ3) is 3.37. The number of aryl methyl sites for hydroxylation is 1. The van der Waals surface area contributed by atoms with Crippen molar-refractivity contribution in [2.45, 2.75) is 6.92 Å². The van der Waals surface area contributed by atoms with Gasteiger partial charge < -0.3 is 15.8 Å². The van der Waals surface area contributed by atoms with Crippen LogP contribution >= 0.6 is 23.2 Å². The summed E-state index contributed by atoms with van der Waals surface area (Å²) >= 11 is 11.8. The third-order valence-electron chi connectivity index (χ3n) is 2.87. The van der Waals surface area contributed by atoms with E-state index in [1.165, 1.54) is 13.2 Å². The predicted molar refractivity (Wildman–Crippen MR) is 84.4 cm³/mol. The molecule has 0 aliphatic carbocycles. The molecule has 1 heterocycles. The van der Waals surface area contributed by atoms with Gasteiger partial charge in [0.2, 0.25) is 0 Å². The van der Waals surface area contributed by atoms with Crippen LogP contribution in [0.2, 0.25) is 10.3 Å². The number of methoxy groups -OCH3 is 1. The van der Waals surface area contributed by atoms with Gasteiger partial charge in [0.1, 0.15) is 10.9 Å². The number of ether oxygens (including phenoxy) is 1. The molecule has 0 fully saturated rings. The zero-order valence-corrected chi connectivity index (χ0v) is 12.9. The molecule has 2 aromatic rings. The first-order valence-corrected chi connectivity index (χ1v) is 6.75. The molecule has 0 saturated heterocycles. The summed E-state index contributed by atoms with van der Waals surface area (Å²) in [5.41, 5.74) is 7.68. The molecule has 5 nitrogen and oxygen atoms in total. The maximum Gasteiger partial charge on any atom is 0.255 e. The van der Waals surface area contributed by atoms with Crippen molar-refractivity contribution < 1.29 is 9.53 Å². The van der Waals surface area contributed by atoms with E-state index >= 15 is 0 Å². The highest BCUT2D eigenvalue weighted by Gasteiger charge is 2.14. The van der Waals surface area contributed by atoms with Crippen molar-refractivity contribution in [2.75, 3.05) is 18.2 Å². The summed E-state index contributed by atoms with van der Waals surface area (Å²) in [5.74, 6) is 0.160. The van der Waals surface area contributed by atoms with E-state index in [0.717, 1.165) is 5.56 Å². The molecule has 0 radical (unpaired) electrons. The van der Waals surface area contributed by atoms with Crippen LogP contribution in [-0.4, -0.2) is 18.0 Å². The first kappa shape index (κ1) is 15.4. The summed E-state index contributed by atoms with van der Waals surface area (Å²) in [6.45, 7) is 1.78. The SMILES string of the molecule is COc1ccc(C(=O)Nc2c(C)cc(Cl)nc2Cl)cc1N. The Labute approximate surface area is 132 Å². The number of carbonyl (C=O) groups excluding carboxylic acids is 1. The minimum atomic E-state index is -0.349. The van der Waals surface area contributed by atoms with Crippen molar-refractivity contribution in [3.05, 3.63) is 45.7 Å². The van der Waals surface area contributed by atoms with Crippen LogP contribution in [0.1, 0.15) is 15.9 Å². The fourth-order valence-corrected chi connectivity index (χ4v) is 2.39. The molecular weight excluding hydrogens is 313 g/mol. The fourth-order valence-electron chi connectivity index (χ4n) is 1.81. The van der Waals surface area contributed by atoms with Crippen molar-refractivity contribution in [2.24, 2.45) is 0 Å². The topological polar surface area (TPSA) is 77.2 Å². The number of anilines is 2. The second-order valence-corrected chi connectivity index (χ2v) is 5.08. The van der Waals surface area contributed by atoms with E-state index in [2.05, 4.69) is 10.3 Å². The first-order valence-electron chi connectivity index (χ1n) is 6.00. The molecule has 3 N–H and O–H groups in total. The lowest BCUT2D eigenvalue weighted by molar-refractivity contribution is 0.102. The lowest BCUT2D eigenvalue weighted by Gasteiger charge is -2.11. The van der Waals surface area contributed by atoms with Crippen LogP contribution in [0.15, 0.2) is 24.3 Å². The number of rotatable bonds is 3. The Morgan fingerprint density at radius 2 is 2.05 bits per heavy atom. The second kappa shape index (κ2) is 6.20. The number of benzene rings is 1. The zero-order chi connectivity index (χ0) is 15.6. The second-order valence-electron chi connectivity index (χ2n) is 4.34. The average Bonchev–Trinajstić information content (AvgIpc) is 2.42. The van der Waals surface area contributed by atoms with Crippen LogP contribution in [0.3, 0.4) is 0 Å². The standard InChI is InChI=1S/C14H13Cl2N3O2/c1-7-5-11(15)18-13(16)12(7)19-14(20)8-3-4-10(21-2)9(17)6-8/h3-6H,17H2,1-2H3,(H,19,20). The van der Waals surface area contributed by atoms with Gasteiger partial charge in [-0.3, -0.25) is 4.79 Å². The number of nitrogens with zero attached hydrogens (tertiary/aromatic N) is 1. The Morgan fingerprint density at radius 3 is 2.62 bits per heavy atom. The lowest BCUT2D eigenvalue weighted by atomic mass is 10.1. The first-order chi connectivity index (χ1) is 9.92. The number of hydrogen-bond donors (Lipinski definition) is 2. The zero-order valence-electron chi connectivity index (χ0n) is 11.4. The fraction of sp³-hybridized carbons (Fsp3) is 0.143. The average molecular weight is 326 g/mol. The number of halogens is 2. The monoisotopic (exact) mass is 325 g/mol. The maximum absolute atomic E-state index is 12.2. The van der Waals surface area contributed by atoms with Crippen LogP contribution in [0.4, 0.5) is 11.4 Å². The number of carbonyl (C=O) groups is 1. The van der Waals surface area contributed by atoms with Gasteiger partial charge in [-0.2, -0.15) is 0 Å². The van der Waals surface area contributed by atoms with E-state index in [4.69, 9.17) is 33.7 Å². The summed E-state index contributed by atoms with van der Waals surface area (Å²) in [4.78, 5) is 16.1. The molecule has 7 heteroatoms. The van der Waals surface area contributed by atoms with E-state index in [-0.39, 0.29) is 16.2 Å². The minimum Gasteiger partial charge on any atom is -0.495 e. The number of amides is 1. The number of nitrogens with two attached hydrogens (primary N) is 1. The summed E-state index contributed by atoms with van der Waals surface area (Å²) < 4.78 is 5.05. The van der Waals surface area contributed by atoms with Crippen LogP contribution < -0.4 is 15.8 Å². The van der Waals surface area contributed by atoms with E-state index in [9.17, 15) is 4.79 Å². The number of nitrogens with one attached hydrogen (secondary N) is 1. The van der Waals surface area contributed by atoms with Crippen LogP contribution in [0.5, 0.6) is 5.75 Å². The van der Waals surface area contributed by atoms with E-state index < -0.39 is 0 Å². The van der Waals surface area contributed by atoms with Gasteiger partial charge in [-0.15, -0.1) is 0 Å². The normalized spacial score (nSPS) is 10.3. The highest BCUT2D eigenvalue weighted by Crippen LogP contribution is 2.28. The molecule has 0 unspecified atom stereocenters. The van der Waals surface area contributed by atoms with Gasteiger partial charge >= 0.3 is 0 Å². The number of hydrogen-bond acceptors (Lipinski definition) is 4. The highest BCUT2D eigenvalue weighted by atomic mass is 35.5. The molecule has 2 rings (SSSR count). The van der Waals surface area contributed by atoms with Crippen LogP contribution in [0, 0.1) is 6.92 Å². The van der Waals surface area contributed by atoms with Gasteiger partial charge in [0.05, 0.1) is 18.5 Å². The lowest BCUT2D eigenvalue weighted by Crippen LogP contribution is -2.14. The summed E-state index contributed by atoms with van der Waals surface area (Å²) in [6.07, 6.45) is 0. The van der Waals surface area contributed by atoms with E-state index in [1.807, 2.05) is 0 Å². The molecule has 1 amide bonds. The van der Waals surface area contributed by atoms with Gasteiger partial charge in [0, 0.05) is 5.56 Å². The molecule has 1 aromatic carbocycles. The predicted octanol–water partition coefficient (Wildman–Crippen LogP) is 3.54. The van der Waals surface area contributed by atoms with Crippen molar-refractivity contribution in [1.29, 1.82) is 0 Å². The minimum absolute atomic E-state index is 0.134. The van der Waals surface area contributed by atoms with Crippen molar-refractivity contribution in [3.63, 3.8) is 0 Å². The Hall–Kier alpha value is -1.98. The number of aromatic nitrogens is 1. The van der Waals surface area contributed by atoms with Crippen molar-refractivity contribution >= 4 is 40.5 Å².